The van der Waals surface area contributed by atoms with Crippen LogP contribution in [-0.2, 0) is 16.1 Å². The van der Waals surface area contributed by atoms with E-state index >= 15 is 0 Å². The van der Waals surface area contributed by atoms with Gasteiger partial charge in [-0.15, -0.1) is 0 Å². The van der Waals surface area contributed by atoms with Crippen molar-refractivity contribution >= 4 is 22.9 Å². The summed E-state index contributed by atoms with van der Waals surface area (Å²) in [5.41, 5.74) is 1.77. The lowest BCUT2D eigenvalue weighted by Crippen LogP contribution is -3.20. The number of unbranched alkanes of at least 4 members (excludes halogenated alkanes) is 1. The maximum absolute atomic E-state index is 13.8. The Hall–Kier alpha value is -2.29. The molecular formula is C23H35N4O4+. The number of carboxylic acids is 1. The van der Waals surface area contributed by atoms with Crippen molar-refractivity contribution in [2.75, 3.05) is 33.4 Å². The van der Waals surface area contributed by atoms with Gasteiger partial charge in [0.05, 0.1) is 23.5 Å². The van der Waals surface area contributed by atoms with Crippen LogP contribution in [0.4, 0.5) is 0 Å². The summed E-state index contributed by atoms with van der Waals surface area (Å²) in [6.45, 7) is 7.28. The summed E-state index contributed by atoms with van der Waals surface area (Å²) in [6.07, 6.45) is 2.29. The molecule has 31 heavy (non-hydrogen) atoms. The monoisotopic (exact) mass is 431 g/mol. The number of carbonyl (C=O) groups excluding carboxylic acids is 1. The van der Waals surface area contributed by atoms with Crippen molar-refractivity contribution in [3.05, 3.63) is 30.1 Å². The average molecular weight is 432 g/mol. The largest absolute Gasteiger partial charge is 0.481 e. The molecule has 3 atom stereocenters. The number of nitrogens with one attached hydrogen (secondary N) is 2. The van der Waals surface area contributed by atoms with Crippen LogP contribution in [0.2, 0.25) is 0 Å². The lowest BCUT2D eigenvalue weighted by molar-refractivity contribution is -0.846. The molecule has 1 fully saturated rings. The molecule has 0 saturated carbocycles. The molecule has 3 rings (SSSR count). The van der Waals surface area contributed by atoms with Crippen LogP contribution in [0.25, 0.3) is 11.0 Å². The Labute approximate surface area is 183 Å². The van der Waals surface area contributed by atoms with Gasteiger partial charge in [-0.05, 0) is 25.0 Å². The van der Waals surface area contributed by atoms with E-state index in [2.05, 4.69) is 19.2 Å². The number of methoxy groups -OCH3 is 1. The summed E-state index contributed by atoms with van der Waals surface area (Å²) in [5.74, 6) is -0.564. The van der Waals surface area contributed by atoms with E-state index in [1.54, 1.807) is 7.11 Å². The Kier molecular flexibility index (Phi) is 8.17. The third kappa shape index (κ3) is 5.70. The maximum atomic E-state index is 13.8. The number of ether oxygens (including phenoxy) is 1. The van der Waals surface area contributed by atoms with Gasteiger partial charge >= 0.3 is 11.9 Å². The van der Waals surface area contributed by atoms with E-state index in [0.29, 0.717) is 50.9 Å². The number of fused-ring (bicyclic) bond motifs is 1. The summed E-state index contributed by atoms with van der Waals surface area (Å²) < 4.78 is 7.19. The van der Waals surface area contributed by atoms with Crippen LogP contribution in [0.3, 0.4) is 0 Å². The molecule has 0 spiro atoms. The number of nitrogens with zero attached hydrogens (tertiary/aromatic N) is 2. The summed E-state index contributed by atoms with van der Waals surface area (Å²) in [6, 6.07) is 7.74. The van der Waals surface area contributed by atoms with Crippen molar-refractivity contribution in [3.8, 4) is 0 Å². The Bertz CT molecular complexity index is 895. The minimum Gasteiger partial charge on any atom is -0.481 e. The minimum atomic E-state index is -0.807. The van der Waals surface area contributed by atoms with Crippen LogP contribution in [-0.4, -0.2) is 65.9 Å². The molecule has 0 radical (unpaired) electrons. The Balaban J connectivity index is 1.92. The first-order valence-electron chi connectivity index (χ1n) is 11.2. The molecule has 0 bridgehead atoms. The average Bonchev–Trinajstić information content (AvgIpc) is 3.13. The third-order valence-electron chi connectivity index (χ3n) is 5.95. The normalized spacial score (nSPS) is 20.3. The van der Waals surface area contributed by atoms with Crippen LogP contribution >= 0.6 is 0 Å². The number of carbonyl (C=O) groups is 2. The van der Waals surface area contributed by atoms with Crippen molar-refractivity contribution in [2.24, 2.45) is 11.8 Å². The minimum absolute atomic E-state index is 0.0468. The number of aryl methyl sites for hydroxylation is 1. The zero-order chi connectivity index (χ0) is 22.4. The summed E-state index contributed by atoms with van der Waals surface area (Å²) >= 11 is 0. The summed E-state index contributed by atoms with van der Waals surface area (Å²) in [4.78, 5) is 30.9. The zero-order valence-corrected chi connectivity index (χ0v) is 18.8. The standard InChI is InChI=1S/C23H34N4O4/c1-16(2)15-27(18-12-17(23(29)30)13-24-14-18)22(28)21-25-19-8-4-5-9-20(19)26(21)10-6-7-11-31-3/h4-5,8-9,16-18,24H,6-7,10-15H2,1-3H3,(H,29,30)/p+1/t17-,18+/m1/s1. The fourth-order valence-corrected chi connectivity index (χ4v) is 4.42. The number of imidazole rings is 1. The maximum Gasteiger partial charge on any atom is 0.380 e. The van der Waals surface area contributed by atoms with Gasteiger partial charge in [-0.3, -0.25) is 9.69 Å². The number of quaternary nitrogens is 1. The first-order chi connectivity index (χ1) is 14.9. The molecule has 1 aliphatic heterocycles. The highest BCUT2D eigenvalue weighted by Crippen LogP contribution is 2.17. The number of piperidine rings is 1. The molecular weight excluding hydrogens is 396 g/mol. The number of carboxylic acid groups (broad SMARTS) is 1. The second kappa shape index (κ2) is 10.8. The van der Waals surface area contributed by atoms with Crippen molar-refractivity contribution in [2.45, 2.75) is 45.7 Å². The Morgan fingerprint density at radius 2 is 2.06 bits per heavy atom. The number of aliphatic carboxylic acids is 1. The highest BCUT2D eigenvalue weighted by molar-refractivity contribution is 5.89. The third-order valence-corrected chi connectivity index (χ3v) is 5.95. The van der Waals surface area contributed by atoms with E-state index in [-0.39, 0.29) is 11.9 Å². The van der Waals surface area contributed by atoms with Crippen LogP contribution < -0.4 is 10.2 Å². The SMILES string of the molecule is COCCCCn1c(C(=O)[NH+](CC(C)C)[C@@H]2CNC[C@H](C(=O)O)C2)nc2ccccc21. The predicted molar refractivity (Wildman–Crippen MR) is 118 cm³/mol. The first-order valence-corrected chi connectivity index (χ1v) is 11.2. The molecule has 1 aromatic carbocycles. The van der Waals surface area contributed by atoms with E-state index in [4.69, 9.17) is 9.72 Å². The van der Waals surface area contributed by atoms with E-state index in [1.165, 1.54) is 0 Å². The fraction of sp³-hybridized carbons (Fsp3) is 0.609. The van der Waals surface area contributed by atoms with Crippen molar-refractivity contribution in [1.29, 1.82) is 0 Å². The van der Waals surface area contributed by atoms with Crippen LogP contribution in [0.1, 0.15) is 43.7 Å². The first kappa shape index (κ1) is 23.4. The van der Waals surface area contributed by atoms with Gasteiger partial charge in [0.25, 0.3) is 0 Å². The molecule has 170 valence electrons. The zero-order valence-electron chi connectivity index (χ0n) is 18.8. The Morgan fingerprint density at radius 1 is 1.29 bits per heavy atom. The highest BCUT2D eigenvalue weighted by Gasteiger charge is 2.39. The van der Waals surface area contributed by atoms with E-state index in [0.717, 1.165) is 28.8 Å². The predicted octanol–water partition coefficient (Wildman–Crippen LogP) is 1.21. The second-order valence-corrected chi connectivity index (χ2v) is 8.85. The highest BCUT2D eigenvalue weighted by atomic mass is 16.5. The summed E-state index contributed by atoms with van der Waals surface area (Å²) in [7, 11) is 1.69. The number of amides is 1. The molecule has 0 aliphatic carbocycles. The van der Waals surface area contributed by atoms with Crippen LogP contribution in [0.5, 0.6) is 0 Å². The number of benzene rings is 1. The van der Waals surface area contributed by atoms with Gasteiger partial charge in [-0.1, -0.05) is 26.0 Å². The molecule has 3 N–H and O–H groups in total. The molecule has 8 heteroatoms. The lowest BCUT2D eigenvalue weighted by Gasteiger charge is -2.33. The van der Waals surface area contributed by atoms with Crippen molar-refractivity contribution in [3.63, 3.8) is 0 Å². The van der Waals surface area contributed by atoms with Crippen molar-refractivity contribution < 1.29 is 24.3 Å². The number of rotatable bonds is 10. The number of hydrogen-bond donors (Lipinski definition) is 3. The van der Waals surface area contributed by atoms with E-state index in [9.17, 15) is 14.7 Å². The van der Waals surface area contributed by atoms with Gasteiger partial charge in [0.2, 0.25) is 5.82 Å². The number of hydrogen-bond acceptors (Lipinski definition) is 5. The molecule has 1 saturated heterocycles. The fourth-order valence-electron chi connectivity index (χ4n) is 4.42. The van der Waals surface area contributed by atoms with Gasteiger partial charge in [0, 0.05) is 45.7 Å². The molecule has 8 nitrogen and oxygen atoms in total. The lowest BCUT2D eigenvalue weighted by atomic mass is 9.94. The number of aromatic nitrogens is 2. The van der Waals surface area contributed by atoms with Crippen molar-refractivity contribution in [1.82, 2.24) is 14.9 Å². The topological polar surface area (TPSA) is 97.9 Å². The van der Waals surface area contributed by atoms with Gasteiger partial charge in [-0.2, -0.15) is 0 Å². The van der Waals surface area contributed by atoms with Crippen LogP contribution in [0.15, 0.2) is 24.3 Å². The van der Waals surface area contributed by atoms with E-state index in [1.807, 2.05) is 28.8 Å². The quantitative estimate of drug-likeness (QED) is 0.489. The molecule has 1 aliphatic rings. The molecule has 2 heterocycles. The Morgan fingerprint density at radius 3 is 2.77 bits per heavy atom. The van der Waals surface area contributed by atoms with E-state index < -0.39 is 11.9 Å². The summed E-state index contributed by atoms with van der Waals surface area (Å²) in [5, 5.41) is 12.7. The number of para-hydroxylation sites is 2. The van der Waals surface area contributed by atoms with Gasteiger partial charge in [-0.25, -0.2) is 9.78 Å². The molecule has 1 amide bonds. The molecule has 2 aromatic rings. The van der Waals surface area contributed by atoms with Gasteiger partial charge in [0.15, 0.2) is 0 Å². The van der Waals surface area contributed by atoms with Gasteiger partial charge in [0.1, 0.15) is 6.04 Å². The second-order valence-electron chi connectivity index (χ2n) is 8.85. The van der Waals surface area contributed by atoms with Gasteiger partial charge < -0.3 is 19.7 Å². The molecule has 1 aromatic heterocycles. The smallest absolute Gasteiger partial charge is 0.380 e. The molecule has 1 unspecified atom stereocenters. The van der Waals surface area contributed by atoms with Crippen LogP contribution in [0, 0.1) is 11.8 Å².